The number of nitrogens with zero attached hydrogens (tertiary/aromatic N) is 1. The van der Waals surface area contributed by atoms with Crippen molar-refractivity contribution in [1.82, 2.24) is 10.4 Å². The fraction of sp³-hybridized carbons (Fsp3) is 0.200. The summed E-state index contributed by atoms with van der Waals surface area (Å²) in [5.41, 5.74) is 7.17. The molecule has 0 spiro atoms. The number of rotatable bonds is 3. The topological polar surface area (TPSA) is 49.0 Å². The maximum absolute atomic E-state index is 12.6. The molecule has 128 valence electrons. The van der Waals surface area contributed by atoms with Crippen LogP contribution in [0.1, 0.15) is 16.7 Å². The number of aromatic nitrogens is 1. The summed E-state index contributed by atoms with van der Waals surface area (Å²) in [5.74, 6) is 0.0368. The molecule has 1 aromatic carbocycles. The van der Waals surface area contributed by atoms with E-state index in [9.17, 15) is 13.2 Å². The fourth-order valence-corrected chi connectivity index (χ4v) is 2.20. The van der Waals surface area contributed by atoms with Gasteiger partial charge in [0.15, 0.2) is 10.9 Å². The first kappa shape index (κ1) is 18.3. The molecule has 0 radical (unpaired) electrons. The zero-order valence-electron chi connectivity index (χ0n) is 12.8. The maximum atomic E-state index is 12.6. The molecule has 0 aliphatic heterocycles. The van der Waals surface area contributed by atoms with E-state index in [0.29, 0.717) is 6.20 Å². The lowest BCUT2D eigenvalue weighted by molar-refractivity contribution is -0.137. The minimum Gasteiger partial charge on any atom is -0.331 e. The van der Waals surface area contributed by atoms with Crippen LogP contribution in [0.15, 0.2) is 30.5 Å². The Morgan fingerprint density at radius 3 is 2.54 bits per heavy atom. The lowest BCUT2D eigenvalue weighted by Crippen LogP contribution is -2.34. The van der Waals surface area contributed by atoms with E-state index < -0.39 is 11.7 Å². The number of pyridine rings is 1. The SMILES string of the molecule is Cc1ccc(C)c(NC(=S)NNc2ncc(C(F)(F)F)cc2Cl)c1. The first-order valence-electron chi connectivity index (χ1n) is 6.80. The molecule has 3 N–H and O–H groups in total. The number of nitrogens with one attached hydrogen (secondary N) is 3. The Labute approximate surface area is 147 Å². The van der Waals surface area contributed by atoms with E-state index in [1.54, 1.807) is 0 Å². The van der Waals surface area contributed by atoms with E-state index in [-0.39, 0.29) is 16.0 Å². The number of thiocarbonyl (C=S) groups is 1. The predicted molar refractivity (Wildman–Crippen MR) is 93.1 cm³/mol. The molecule has 4 nitrogen and oxygen atoms in total. The van der Waals surface area contributed by atoms with E-state index in [0.717, 1.165) is 22.9 Å². The van der Waals surface area contributed by atoms with Crippen LogP contribution in [0.4, 0.5) is 24.7 Å². The van der Waals surface area contributed by atoms with Crippen molar-refractivity contribution in [3.63, 3.8) is 0 Å². The second-order valence-corrected chi connectivity index (χ2v) is 5.89. The summed E-state index contributed by atoms with van der Waals surface area (Å²) in [6.07, 6.45) is -3.81. The van der Waals surface area contributed by atoms with Crippen LogP contribution in [0, 0.1) is 13.8 Å². The molecule has 0 bridgehead atoms. The molecule has 0 fully saturated rings. The van der Waals surface area contributed by atoms with Crippen molar-refractivity contribution in [2.45, 2.75) is 20.0 Å². The van der Waals surface area contributed by atoms with Crippen molar-refractivity contribution in [3.8, 4) is 0 Å². The molecule has 0 amide bonds. The van der Waals surface area contributed by atoms with E-state index in [4.69, 9.17) is 23.8 Å². The monoisotopic (exact) mass is 374 g/mol. The summed E-state index contributed by atoms with van der Waals surface area (Å²) >= 11 is 10.9. The third-order valence-corrected chi connectivity index (χ3v) is 3.60. The third-order valence-electron chi connectivity index (χ3n) is 3.10. The number of hydrogen-bond acceptors (Lipinski definition) is 3. The van der Waals surface area contributed by atoms with Gasteiger partial charge in [-0.15, -0.1) is 0 Å². The highest BCUT2D eigenvalue weighted by atomic mass is 35.5. The highest BCUT2D eigenvalue weighted by molar-refractivity contribution is 7.80. The van der Waals surface area contributed by atoms with Crippen LogP contribution in [0.5, 0.6) is 0 Å². The quantitative estimate of drug-likeness (QED) is 0.537. The Morgan fingerprint density at radius 1 is 1.21 bits per heavy atom. The highest BCUT2D eigenvalue weighted by Gasteiger charge is 2.31. The highest BCUT2D eigenvalue weighted by Crippen LogP contribution is 2.32. The van der Waals surface area contributed by atoms with Gasteiger partial charge in [-0.2, -0.15) is 13.2 Å². The van der Waals surface area contributed by atoms with Gasteiger partial charge >= 0.3 is 6.18 Å². The molecule has 0 aliphatic carbocycles. The van der Waals surface area contributed by atoms with Gasteiger partial charge in [0.05, 0.1) is 10.6 Å². The lowest BCUT2D eigenvalue weighted by Gasteiger charge is -2.15. The van der Waals surface area contributed by atoms with Gasteiger partial charge in [0, 0.05) is 11.9 Å². The Bertz CT molecular complexity index is 765. The summed E-state index contributed by atoms with van der Waals surface area (Å²) in [4.78, 5) is 3.64. The first-order chi connectivity index (χ1) is 11.2. The molecule has 1 aromatic heterocycles. The van der Waals surface area contributed by atoms with Crippen molar-refractivity contribution in [3.05, 3.63) is 52.2 Å². The number of anilines is 2. The van der Waals surface area contributed by atoms with Gasteiger partial charge < -0.3 is 5.32 Å². The Morgan fingerprint density at radius 2 is 1.92 bits per heavy atom. The van der Waals surface area contributed by atoms with Gasteiger partial charge in [-0.3, -0.25) is 10.9 Å². The number of halogens is 4. The molecule has 0 aliphatic rings. The molecular formula is C15H14ClF3N4S. The molecule has 1 heterocycles. The third kappa shape index (κ3) is 4.72. The van der Waals surface area contributed by atoms with Crippen LogP contribution in [0.25, 0.3) is 0 Å². The summed E-state index contributed by atoms with van der Waals surface area (Å²) < 4.78 is 37.7. The van der Waals surface area contributed by atoms with Crippen LogP contribution >= 0.6 is 23.8 Å². The maximum Gasteiger partial charge on any atom is 0.417 e. The largest absolute Gasteiger partial charge is 0.417 e. The Hall–Kier alpha value is -2.06. The molecule has 24 heavy (non-hydrogen) atoms. The zero-order chi connectivity index (χ0) is 17.9. The second kappa shape index (κ2) is 7.23. The standard InChI is InChI=1S/C15H14ClF3N4S/c1-8-3-4-9(2)12(5-8)21-14(24)23-22-13-11(16)6-10(7-20-13)15(17,18)19/h3-7H,1-2H3,(H,20,22)(H2,21,23,24). The van der Waals surface area contributed by atoms with Gasteiger partial charge in [0.25, 0.3) is 0 Å². The Balaban J connectivity index is 2.00. The van der Waals surface area contributed by atoms with Gasteiger partial charge in [-0.05, 0) is 49.3 Å². The summed E-state index contributed by atoms with van der Waals surface area (Å²) in [6.45, 7) is 3.87. The van der Waals surface area contributed by atoms with Crippen molar-refractivity contribution < 1.29 is 13.2 Å². The average molecular weight is 375 g/mol. The lowest BCUT2D eigenvalue weighted by atomic mass is 10.1. The van der Waals surface area contributed by atoms with E-state index in [2.05, 4.69) is 21.2 Å². The predicted octanol–water partition coefficient (Wildman–Crippen LogP) is 4.68. The smallest absolute Gasteiger partial charge is 0.331 e. The number of alkyl halides is 3. The van der Waals surface area contributed by atoms with Crippen LogP contribution < -0.4 is 16.2 Å². The van der Waals surface area contributed by atoms with Gasteiger partial charge in [-0.1, -0.05) is 23.7 Å². The molecule has 0 saturated heterocycles. The fourth-order valence-electron chi connectivity index (χ4n) is 1.82. The zero-order valence-corrected chi connectivity index (χ0v) is 14.3. The van der Waals surface area contributed by atoms with E-state index in [1.807, 2.05) is 32.0 Å². The number of benzene rings is 1. The Kier molecular flexibility index (Phi) is 5.51. The average Bonchev–Trinajstić information content (AvgIpc) is 2.48. The molecule has 0 unspecified atom stereocenters. The summed E-state index contributed by atoms with van der Waals surface area (Å²) in [7, 11) is 0. The molecule has 0 saturated carbocycles. The second-order valence-electron chi connectivity index (χ2n) is 5.07. The van der Waals surface area contributed by atoms with Gasteiger partial charge in [0.1, 0.15) is 0 Å². The molecule has 2 aromatic rings. The van der Waals surface area contributed by atoms with Crippen LogP contribution in [0.3, 0.4) is 0 Å². The van der Waals surface area contributed by atoms with Crippen molar-refractivity contribution in [2.24, 2.45) is 0 Å². The van der Waals surface area contributed by atoms with Gasteiger partial charge in [-0.25, -0.2) is 4.98 Å². The van der Waals surface area contributed by atoms with E-state index >= 15 is 0 Å². The summed E-state index contributed by atoms with van der Waals surface area (Å²) in [6, 6.07) is 6.63. The molecule has 0 atom stereocenters. The van der Waals surface area contributed by atoms with Gasteiger partial charge in [0.2, 0.25) is 0 Å². The number of hydrogen-bond donors (Lipinski definition) is 3. The molecular weight excluding hydrogens is 361 g/mol. The summed E-state index contributed by atoms with van der Waals surface area (Å²) in [5, 5.41) is 3.03. The minimum atomic E-state index is -4.50. The first-order valence-corrected chi connectivity index (χ1v) is 7.58. The van der Waals surface area contributed by atoms with Crippen molar-refractivity contribution >= 4 is 40.4 Å². The number of hydrazine groups is 1. The van der Waals surface area contributed by atoms with Crippen LogP contribution in [0.2, 0.25) is 5.02 Å². The van der Waals surface area contributed by atoms with E-state index in [1.165, 1.54) is 0 Å². The van der Waals surface area contributed by atoms with Crippen molar-refractivity contribution in [2.75, 3.05) is 10.7 Å². The normalized spacial score (nSPS) is 11.1. The minimum absolute atomic E-state index is 0.0368. The molecule has 9 heteroatoms. The van der Waals surface area contributed by atoms with Crippen LogP contribution in [-0.2, 0) is 6.18 Å². The number of aryl methyl sites for hydroxylation is 2. The van der Waals surface area contributed by atoms with Crippen LogP contribution in [-0.4, -0.2) is 10.1 Å². The van der Waals surface area contributed by atoms with Crippen molar-refractivity contribution in [1.29, 1.82) is 0 Å². The molecule has 2 rings (SSSR count).